The molecular formula is C12H9FN2O2. The maximum absolute atomic E-state index is 12.9. The van der Waals surface area contributed by atoms with E-state index in [1.165, 1.54) is 30.5 Å². The summed E-state index contributed by atoms with van der Waals surface area (Å²) in [7, 11) is 0. The minimum Gasteiger partial charge on any atom is -0.477 e. The van der Waals surface area contributed by atoms with E-state index in [1.54, 1.807) is 6.92 Å². The van der Waals surface area contributed by atoms with Crippen molar-refractivity contribution >= 4 is 5.97 Å². The van der Waals surface area contributed by atoms with E-state index in [0.717, 1.165) is 0 Å². The topological polar surface area (TPSA) is 63.1 Å². The maximum atomic E-state index is 12.9. The Morgan fingerprint density at radius 2 is 2.12 bits per heavy atom. The van der Waals surface area contributed by atoms with E-state index < -0.39 is 5.97 Å². The Hall–Kier alpha value is -2.30. The van der Waals surface area contributed by atoms with Crippen molar-refractivity contribution in [2.75, 3.05) is 0 Å². The second-order valence-corrected chi connectivity index (χ2v) is 3.53. The Bertz CT molecular complexity index is 584. The summed E-state index contributed by atoms with van der Waals surface area (Å²) in [4.78, 5) is 18.7. The largest absolute Gasteiger partial charge is 0.477 e. The number of aromatic carboxylic acids is 1. The lowest BCUT2D eigenvalue weighted by molar-refractivity contribution is 0.0690. The monoisotopic (exact) mass is 232 g/mol. The lowest BCUT2D eigenvalue weighted by Gasteiger charge is -2.04. The predicted octanol–water partition coefficient (Wildman–Crippen LogP) is 2.29. The molecule has 86 valence electrons. The van der Waals surface area contributed by atoms with Gasteiger partial charge in [-0.3, -0.25) is 0 Å². The lowest BCUT2D eigenvalue weighted by Crippen LogP contribution is -2.02. The lowest BCUT2D eigenvalue weighted by atomic mass is 10.1. The van der Waals surface area contributed by atoms with Gasteiger partial charge in [0.05, 0.1) is 0 Å². The zero-order valence-corrected chi connectivity index (χ0v) is 9.01. The first-order valence-corrected chi connectivity index (χ1v) is 4.91. The van der Waals surface area contributed by atoms with Gasteiger partial charge in [0.15, 0.2) is 11.5 Å². The number of carboxylic acids is 1. The number of hydrogen-bond donors (Lipinski definition) is 1. The van der Waals surface area contributed by atoms with Crippen LogP contribution in [0.15, 0.2) is 30.5 Å². The van der Waals surface area contributed by atoms with Crippen LogP contribution in [-0.4, -0.2) is 21.0 Å². The van der Waals surface area contributed by atoms with Crippen LogP contribution in [-0.2, 0) is 0 Å². The van der Waals surface area contributed by atoms with Crippen LogP contribution < -0.4 is 0 Å². The Morgan fingerprint density at radius 3 is 2.76 bits per heavy atom. The van der Waals surface area contributed by atoms with Crippen LogP contribution >= 0.6 is 0 Å². The van der Waals surface area contributed by atoms with E-state index in [4.69, 9.17) is 5.11 Å². The number of halogens is 1. The van der Waals surface area contributed by atoms with Crippen molar-refractivity contribution in [1.82, 2.24) is 9.97 Å². The molecular weight excluding hydrogens is 223 g/mol. The number of carbonyl (C=O) groups is 1. The van der Waals surface area contributed by atoms with Crippen molar-refractivity contribution in [2.24, 2.45) is 0 Å². The standard InChI is InChI=1S/C12H9FN2O2/c1-7-6-8(13)2-3-9(7)11-14-5-4-10(15-11)12(16)17/h2-6H,1H3,(H,16,17). The quantitative estimate of drug-likeness (QED) is 0.862. The summed E-state index contributed by atoms with van der Waals surface area (Å²) < 4.78 is 12.9. The molecule has 0 atom stereocenters. The molecule has 0 aliphatic rings. The van der Waals surface area contributed by atoms with E-state index in [2.05, 4.69) is 9.97 Å². The van der Waals surface area contributed by atoms with Crippen molar-refractivity contribution in [1.29, 1.82) is 0 Å². The second-order valence-electron chi connectivity index (χ2n) is 3.53. The van der Waals surface area contributed by atoms with Gasteiger partial charge in [-0.25, -0.2) is 19.2 Å². The Morgan fingerprint density at radius 1 is 1.35 bits per heavy atom. The third-order valence-corrected chi connectivity index (χ3v) is 2.30. The Kier molecular flexibility index (Phi) is 2.82. The first kappa shape index (κ1) is 11.2. The summed E-state index contributed by atoms with van der Waals surface area (Å²) in [6, 6.07) is 5.49. The van der Waals surface area contributed by atoms with Gasteiger partial charge < -0.3 is 5.11 Å². The molecule has 0 radical (unpaired) electrons. The second kappa shape index (κ2) is 4.29. The maximum Gasteiger partial charge on any atom is 0.354 e. The zero-order chi connectivity index (χ0) is 12.4. The zero-order valence-electron chi connectivity index (χ0n) is 9.01. The molecule has 17 heavy (non-hydrogen) atoms. The van der Waals surface area contributed by atoms with E-state index in [1.807, 2.05) is 0 Å². The molecule has 5 heteroatoms. The molecule has 1 heterocycles. The van der Waals surface area contributed by atoms with Gasteiger partial charge in [-0.2, -0.15) is 0 Å². The molecule has 0 aliphatic carbocycles. The molecule has 0 fully saturated rings. The van der Waals surface area contributed by atoms with Crippen LogP contribution in [0, 0.1) is 12.7 Å². The summed E-state index contributed by atoms with van der Waals surface area (Å²) >= 11 is 0. The van der Waals surface area contributed by atoms with Gasteiger partial charge in [0.25, 0.3) is 0 Å². The number of benzene rings is 1. The molecule has 0 bridgehead atoms. The van der Waals surface area contributed by atoms with E-state index in [-0.39, 0.29) is 17.3 Å². The molecule has 2 aromatic rings. The summed E-state index contributed by atoms with van der Waals surface area (Å²) in [5, 5.41) is 8.82. The number of aromatic nitrogens is 2. The third-order valence-electron chi connectivity index (χ3n) is 2.30. The van der Waals surface area contributed by atoms with Gasteiger partial charge >= 0.3 is 5.97 Å². The van der Waals surface area contributed by atoms with Crippen molar-refractivity contribution in [3.63, 3.8) is 0 Å². The number of rotatable bonds is 2. The molecule has 4 nitrogen and oxygen atoms in total. The fraction of sp³-hybridized carbons (Fsp3) is 0.0833. The van der Waals surface area contributed by atoms with Crippen LogP contribution in [0.5, 0.6) is 0 Å². The van der Waals surface area contributed by atoms with Gasteiger partial charge in [-0.1, -0.05) is 0 Å². The molecule has 1 aromatic heterocycles. The van der Waals surface area contributed by atoms with E-state index in [0.29, 0.717) is 11.1 Å². The van der Waals surface area contributed by atoms with Gasteiger partial charge in [-0.15, -0.1) is 0 Å². The molecule has 0 amide bonds. The van der Waals surface area contributed by atoms with Crippen molar-refractivity contribution in [3.8, 4) is 11.4 Å². The molecule has 0 saturated heterocycles. The van der Waals surface area contributed by atoms with Crippen molar-refractivity contribution < 1.29 is 14.3 Å². The van der Waals surface area contributed by atoms with Crippen molar-refractivity contribution in [3.05, 3.63) is 47.5 Å². The fourth-order valence-corrected chi connectivity index (χ4v) is 1.49. The molecule has 1 N–H and O–H groups in total. The van der Waals surface area contributed by atoms with Gasteiger partial charge in [0.1, 0.15) is 5.82 Å². The molecule has 0 saturated carbocycles. The predicted molar refractivity (Wildman–Crippen MR) is 59.1 cm³/mol. The minimum atomic E-state index is -1.12. The minimum absolute atomic E-state index is 0.0845. The molecule has 0 aliphatic heterocycles. The highest BCUT2D eigenvalue weighted by atomic mass is 19.1. The van der Waals surface area contributed by atoms with Crippen LogP contribution in [0.2, 0.25) is 0 Å². The Balaban J connectivity index is 2.53. The first-order chi connectivity index (χ1) is 8.08. The normalized spacial score (nSPS) is 10.2. The SMILES string of the molecule is Cc1cc(F)ccc1-c1nccc(C(=O)O)n1. The average molecular weight is 232 g/mol. The van der Waals surface area contributed by atoms with Gasteiger partial charge in [0, 0.05) is 11.8 Å². The summed E-state index contributed by atoms with van der Waals surface area (Å²) in [6.07, 6.45) is 1.37. The molecule has 0 unspecified atom stereocenters. The van der Waals surface area contributed by atoms with Crippen LogP contribution in [0.3, 0.4) is 0 Å². The Labute approximate surface area is 96.8 Å². The molecule has 0 spiro atoms. The highest BCUT2D eigenvalue weighted by Crippen LogP contribution is 2.20. The number of nitrogens with zero attached hydrogens (tertiary/aromatic N) is 2. The summed E-state index contributed by atoms with van der Waals surface area (Å²) in [5.74, 6) is -1.18. The molecule has 1 aromatic carbocycles. The van der Waals surface area contributed by atoms with Gasteiger partial charge in [-0.05, 0) is 36.8 Å². The third kappa shape index (κ3) is 2.28. The van der Waals surface area contributed by atoms with Gasteiger partial charge in [0.2, 0.25) is 0 Å². The molecule has 2 rings (SSSR count). The first-order valence-electron chi connectivity index (χ1n) is 4.91. The van der Waals surface area contributed by atoms with Crippen LogP contribution in [0.25, 0.3) is 11.4 Å². The number of hydrogen-bond acceptors (Lipinski definition) is 3. The van der Waals surface area contributed by atoms with Crippen LogP contribution in [0.4, 0.5) is 4.39 Å². The smallest absolute Gasteiger partial charge is 0.354 e. The highest BCUT2D eigenvalue weighted by molar-refractivity contribution is 5.85. The fourth-order valence-electron chi connectivity index (χ4n) is 1.49. The van der Waals surface area contributed by atoms with Crippen molar-refractivity contribution in [2.45, 2.75) is 6.92 Å². The average Bonchev–Trinajstić information content (AvgIpc) is 2.29. The van der Waals surface area contributed by atoms with E-state index in [9.17, 15) is 9.18 Å². The van der Waals surface area contributed by atoms with Crippen LogP contribution in [0.1, 0.15) is 16.1 Å². The van der Waals surface area contributed by atoms with E-state index >= 15 is 0 Å². The summed E-state index contributed by atoms with van der Waals surface area (Å²) in [6.45, 7) is 1.72. The summed E-state index contributed by atoms with van der Waals surface area (Å²) in [5.41, 5.74) is 1.20. The highest BCUT2D eigenvalue weighted by Gasteiger charge is 2.10. The number of carboxylic acid groups (broad SMARTS) is 1. The number of aryl methyl sites for hydroxylation is 1.